The van der Waals surface area contributed by atoms with E-state index in [2.05, 4.69) is 23.8 Å². The summed E-state index contributed by atoms with van der Waals surface area (Å²) in [5.74, 6) is -0.738. The average Bonchev–Trinajstić information content (AvgIpc) is 3.70. The smallest absolute Gasteiger partial charge is 0.408 e. The highest BCUT2D eigenvalue weighted by molar-refractivity contribution is 5.96. The van der Waals surface area contributed by atoms with E-state index in [0.717, 1.165) is 5.56 Å². The van der Waals surface area contributed by atoms with Crippen LogP contribution >= 0.6 is 0 Å². The normalized spacial score (nSPS) is 21.5. The molecule has 1 saturated carbocycles. The summed E-state index contributed by atoms with van der Waals surface area (Å²) < 4.78 is 28.7. The van der Waals surface area contributed by atoms with E-state index in [9.17, 15) is 19.2 Å². The lowest BCUT2D eigenvalue weighted by molar-refractivity contribution is -0.148. The van der Waals surface area contributed by atoms with E-state index in [0.29, 0.717) is 47.4 Å². The number of ether oxygens (including phenoxy) is 5. The number of allylic oxidation sites excluding steroid dienone is 1. The van der Waals surface area contributed by atoms with Crippen LogP contribution in [0.2, 0.25) is 0 Å². The van der Waals surface area contributed by atoms with Gasteiger partial charge in [0.25, 0.3) is 0 Å². The molecule has 1 aliphatic carbocycles. The van der Waals surface area contributed by atoms with Gasteiger partial charge in [0.1, 0.15) is 40.8 Å². The Labute approximate surface area is 322 Å². The molecule has 3 amide bonds. The minimum absolute atomic E-state index is 0.0244. The number of methoxy groups -OCH3 is 2. The number of pyridine rings is 1. The zero-order valence-electron chi connectivity index (χ0n) is 32.5. The summed E-state index contributed by atoms with van der Waals surface area (Å²) in [5.41, 5.74) is 0.0752. The molecule has 1 aliphatic heterocycles. The monoisotopic (exact) mass is 756 g/mol. The van der Waals surface area contributed by atoms with Crippen LogP contribution in [0.3, 0.4) is 0 Å². The van der Waals surface area contributed by atoms with Gasteiger partial charge in [-0.3, -0.25) is 9.59 Å². The second-order valence-electron chi connectivity index (χ2n) is 14.9. The van der Waals surface area contributed by atoms with Crippen LogP contribution in [0.25, 0.3) is 22.2 Å². The second kappa shape index (κ2) is 17.4. The summed E-state index contributed by atoms with van der Waals surface area (Å²) in [6.07, 6.45) is 2.68. The maximum absolute atomic E-state index is 14.7. The Kier molecular flexibility index (Phi) is 12.9. The molecule has 0 radical (unpaired) electrons. The Morgan fingerprint density at radius 2 is 1.80 bits per heavy atom. The molecule has 1 unspecified atom stereocenters. The lowest BCUT2D eigenvalue weighted by Gasteiger charge is -2.32. The van der Waals surface area contributed by atoms with Crippen molar-refractivity contribution in [3.63, 3.8) is 0 Å². The van der Waals surface area contributed by atoms with Crippen molar-refractivity contribution >= 4 is 34.8 Å². The number of amides is 3. The SMILES string of the molecule is C=CCCC1C[C@]1(NC(=O)[C@@H]1C[C@@H](Oc2cc(-c3ccccc3)nc3cc(OC)ccc23)CN1C(=O)[C@@H](NC(=O)OC(C)(C)C)[C@@H](C)OCC=C)C(=O)OC. The average molecular weight is 757 g/mol. The third kappa shape index (κ3) is 9.63. The van der Waals surface area contributed by atoms with Crippen LogP contribution in [-0.4, -0.2) is 96.6 Å². The van der Waals surface area contributed by atoms with Crippen molar-refractivity contribution < 1.29 is 42.9 Å². The number of nitrogens with zero attached hydrogens (tertiary/aromatic N) is 2. The Bertz CT molecular complexity index is 1890. The highest BCUT2D eigenvalue weighted by Gasteiger charge is 2.62. The first kappa shape index (κ1) is 40.7. The first-order valence-corrected chi connectivity index (χ1v) is 18.5. The molecule has 55 heavy (non-hydrogen) atoms. The number of esters is 1. The Balaban J connectivity index is 1.52. The van der Waals surface area contributed by atoms with E-state index in [1.807, 2.05) is 54.6 Å². The van der Waals surface area contributed by atoms with Crippen molar-refractivity contribution in [1.29, 1.82) is 0 Å². The van der Waals surface area contributed by atoms with Gasteiger partial charge >= 0.3 is 12.1 Å². The highest BCUT2D eigenvalue weighted by atomic mass is 16.6. The van der Waals surface area contributed by atoms with Crippen molar-refractivity contribution in [2.24, 2.45) is 5.92 Å². The Morgan fingerprint density at radius 1 is 1.05 bits per heavy atom. The molecule has 2 aliphatic rings. The first-order chi connectivity index (χ1) is 26.2. The predicted octanol–water partition coefficient (Wildman–Crippen LogP) is 5.76. The minimum atomic E-state index is -1.25. The zero-order valence-corrected chi connectivity index (χ0v) is 32.5. The number of aromatic nitrogens is 1. The van der Waals surface area contributed by atoms with E-state index in [1.54, 1.807) is 40.9 Å². The number of carbonyl (C=O) groups is 4. The molecule has 0 spiro atoms. The molecule has 0 bridgehead atoms. The third-order valence-electron chi connectivity index (χ3n) is 9.80. The van der Waals surface area contributed by atoms with Gasteiger partial charge < -0.3 is 39.2 Å². The molecular formula is C42H52N4O9. The van der Waals surface area contributed by atoms with Gasteiger partial charge in [0.05, 0.1) is 44.7 Å². The third-order valence-corrected chi connectivity index (χ3v) is 9.80. The van der Waals surface area contributed by atoms with Crippen molar-refractivity contribution in [3.8, 4) is 22.8 Å². The fourth-order valence-electron chi connectivity index (χ4n) is 6.96. The number of hydrogen-bond donors (Lipinski definition) is 2. The van der Waals surface area contributed by atoms with Crippen molar-refractivity contribution in [1.82, 2.24) is 20.5 Å². The van der Waals surface area contributed by atoms with Gasteiger partial charge in [-0.1, -0.05) is 42.5 Å². The highest BCUT2D eigenvalue weighted by Crippen LogP contribution is 2.48. The largest absolute Gasteiger partial charge is 0.497 e. The summed E-state index contributed by atoms with van der Waals surface area (Å²) in [4.78, 5) is 61.5. The molecule has 1 aromatic heterocycles. The fourth-order valence-corrected chi connectivity index (χ4v) is 6.96. The molecule has 1 saturated heterocycles. The molecule has 13 heteroatoms. The van der Waals surface area contributed by atoms with E-state index >= 15 is 0 Å². The van der Waals surface area contributed by atoms with Gasteiger partial charge in [-0.2, -0.15) is 0 Å². The summed E-state index contributed by atoms with van der Waals surface area (Å²) in [7, 11) is 2.86. The number of fused-ring (bicyclic) bond motifs is 1. The van der Waals surface area contributed by atoms with Crippen molar-refractivity contribution in [2.45, 2.75) is 88.8 Å². The summed E-state index contributed by atoms with van der Waals surface area (Å²) in [5, 5.41) is 6.34. The fraction of sp³-hybridized carbons (Fsp3) is 0.452. The number of likely N-dealkylation sites (tertiary alicyclic amines) is 1. The van der Waals surface area contributed by atoms with Crippen LogP contribution in [0.15, 0.2) is 79.9 Å². The maximum atomic E-state index is 14.7. The lowest BCUT2D eigenvalue weighted by atomic mass is 10.1. The molecule has 5 rings (SSSR count). The number of carbonyl (C=O) groups excluding carboxylic acids is 4. The summed E-state index contributed by atoms with van der Waals surface area (Å²) in [6, 6.07) is 14.6. The van der Waals surface area contributed by atoms with E-state index < -0.39 is 59.3 Å². The molecule has 13 nitrogen and oxygen atoms in total. The van der Waals surface area contributed by atoms with Crippen LogP contribution in [0.1, 0.15) is 53.4 Å². The van der Waals surface area contributed by atoms with E-state index in [1.165, 1.54) is 18.1 Å². The molecule has 2 fully saturated rings. The summed E-state index contributed by atoms with van der Waals surface area (Å²) >= 11 is 0. The van der Waals surface area contributed by atoms with Crippen LogP contribution in [0.4, 0.5) is 4.79 Å². The van der Waals surface area contributed by atoms with Gasteiger partial charge in [-0.15, -0.1) is 13.2 Å². The van der Waals surface area contributed by atoms with Gasteiger partial charge in [-0.05, 0) is 65.0 Å². The molecule has 6 atom stereocenters. The number of nitrogens with one attached hydrogen (secondary N) is 2. The minimum Gasteiger partial charge on any atom is -0.497 e. The van der Waals surface area contributed by atoms with E-state index in [4.69, 9.17) is 28.7 Å². The number of hydrogen-bond acceptors (Lipinski definition) is 10. The number of benzene rings is 2. The second-order valence-corrected chi connectivity index (χ2v) is 14.9. The molecule has 3 aromatic rings. The molecule has 2 N–H and O–H groups in total. The van der Waals surface area contributed by atoms with Gasteiger partial charge in [0.2, 0.25) is 11.8 Å². The quantitative estimate of drug-likeness (QED) is 0.136. The van der Waals surface area contributed by atoms with E-state index in [-0.39, 0.29) is 25.5 Å². The van der Waals surface area contributed by atoms with Crippen molar-refractivity contribution in [3.05, 3.63) is 79.9 Å². The summed E-state index contributed by atoms with van der Waals surface area (Å²) in [6.45, 7) is 14.3. The number of rotatable bonds is 16. The van der Waals surface area contributed by atoms with Crippen LogP contribution in [-0.2, 0) is 28.6 Å². The maximum Gasteiger partial charge on any atom is 0.408 e. The molecule has 294 valence electrons. The number of alkyl carbamates (subject to hydrolysis) is 1. The standard InChI is InChI=1S/C42H52N4O9/c1-9-11-17-28-24-42(28,39(49)52-8)45-37(47)34-22-30(25-46(34)38(48)36(26(3)53-20-10-2)44-40(50)55-41(4,5)6)54-35-23-32(27-15-13-12-14-16-27)43-33-21-29(51-7)18-19-31(33)35/h9-10,12-16,18-19,21,23,26,28,30,34,36H,1-2,11,17,20,22,24-25H2,3-8H3,(H,44,50)(H,45,47)/t26-,28?,30-,34+,36+,42-/m1/s1. The van der Waals surface area contributed by atoms with Gasteiger partial charge in [-0.25, -0.2) is 14.6 Å². The topological polar surface area (TPSA) is 155 Å². The van der Waals surface area contributed by atoms with Crippen LogP contribution < -0.4 is 20.1 Å². The van der Waals surface area contributed by atoms with Crippen LogP contribution in [0.5, 0.6) is 11.5 Å². The van der Waals surface area contributed by atoms with Gasteiger partial charge in [0.15, 0.2) is 0 Å². The van der Waals surface area contributed by atoms with Crippen LogP contribution in [0, 0.1) is 5.92 Å². The van der Waals surface area contributed by atoms with Gasteiger partial charge in [0, 0.05) is 29.5 Å². The molecule has 2 heterocycles. The predicted molar refractivity (Wildman–Crippen MR) is 207 cm³/mol. The Morgan fingerprint density at radius 3 is 2.45 bits per heavy atom. The van der Waals surface area contributed by atoms with Crippen molar-refractivity contribution in [2.75, 3.05) is 27.4 Å². The molecular weight excluding hydrogens is 704 g/mol. The molecule has 2 aromatic carbocycles. The first-order valence-electron chi connectivity index (χ1n) is 18.5. The lowest BCUT2D eigenvalue weighted by Crippen LogP contribution is -2.59. The zero-order chi connectivity index (χ0) is 39.9. The Hall–Kier alpha value is -5.43.